The molecule has 0 radical (unpaired) electrons. The summed E-state index contributed by atoms with van der Waals surface area (Å²) in [7, 11) is 0. The predicted molar refractivity (Wildman–Crippen MR) is 75.1 cm³/mol. The van der Waals surface area contributed by atoms with Crippen LogP contribution in [0, 0.1) is 0 Å². The number of nitrogen functional groups attached to an aromatic ring is 1. The Balaban J connectivity index is 1.99. The number of rotatable bonds is 3. The van der Waals surface area contributed by atoms with Gasteiger partial charge in [-0.25, -0.2) is 0 Å². The zero-order chi connectivity index (χ0) is 13.2. The summed E-state index contributed by atoms with van der Waals surface area (Å²) < 4.78 is 5.19. The number of furan rings is 1. The highest BCUT2D eigenvalue weighted by atomic mass is 16.3. The van der Waals surface area contributed by atoms with Crippen LogP contribution in [-0.4, -0.2) is 5.78 Å². The summed E-state index contributed by atoms with van der Waals surface area (Å²) in [6, 6.07) is 15.1. The molecule has 0 saturated heterocycles. The molecule has 0 unspecified atom stereocenters. The van der Waals surface area contributed by atoms with Gasteiger partial charge in [-0.1, -0.05) is 24.3 Å². The Hall–Kier alpha value is -2.55. The number of benzene rings is 2. The Bertz CT molecular complexity index is 730. The maximum Gasteiger partial charge on any atom is 0.172 e. The van der Waals surface area contributed by atoms with Crippen LogP contribution in [0.2, 0.25) is 0 Å². The van der Waals surface area contributed by atoms with E-state index in [1.54, 1.807) is 18.4 Å². The first-order chi connectivity index (χ1) is 9.24. The normalized spacial score (nSPS) is 10.7. The Morgan fingerprint density at radius 1 is 1.05 bits per heavy atom. The summed E-state index contributed by atoms with van der Waals surface area (Å²) in [6.45, 7) is 0. The van der Waals surface area contributed by atoms with E-state index in [4.69, 9.17) is 10.2 Å². The van der Waals surface area contributed by atoms with Crippen LogP contribution in [0.4, 0.5) is 5.69 Å². The van der Waals surface area contributed by atoms with Gasteiger partial charge in [0.1, 0.15) is 5.76 Å². The molecule has 0 amide bonds. The molecule has 0 aliphatic carbocycles. The van der Waals surface area contributed by atoms with Crippen molar-refractivity contribution in [3.05, 3.63) is 66.1 Å². The molecule has 0 bridgehead atoms. The van der Waals surface area contributed by atoms with Gasteiger partial charge >= 0.3 is 0 Å². The van der Waals surface area contributed by atoms with Gasteiger partial charge in [0, 0.05) is 11.3 Å². The lowest BCUT2D eigenvalue weighted by Gasteiger charge is -2.06. The first-order valence-electron chi connectivity index (χ1n) is 6.08. The minimum absolute atomic E-state index is 0.0294. The number of Topliss-reactive ketones (excluding diaryl/α,β-unsaturated/α-hetero) is 1. The van der Waals surface area contributed by atoms with Crippen molar-refractivity contribution in [1.82, 2.24) is 0 Å². The van der Waals surface area contributed by atoms with E-state index in [9.17, 15) is 4.79 Å². The summed E-state index contributed by atoms with van der Waals surface area (Å²) in [4.78, 5) is 12.2. The fourth-order valence-electron chi connectivity index (χ4n) is 2.17. The van der Waals surface area contributed by atoms with Gasteiger partial charge in [-0.05, 0) is 35.0 Å². The van der Waals surface area contributed by atoms with E-state index in [-0.39, 0.29) is 12.2 Å². The number of nitrogens with two attached hydrogens (primary N) is 1. The van der Waals surface area contributed by atoms with E-state index in [0.29, 0.717) is 17.0 Å². The number of ketones is 1. The highest BCUT2D eigenvalue weighted by Crippen LogP contribution is 2.23. The number of carbonyl (C=O) groups excluding carboxylic acids is 1. The molecule has 0 atom stereocenters. The van der Waals surface area contributed by atoms with E-state index >= 15 is 0 Å². The largest absolute Gasteiger partial charge is 0.469 e. The second-order valence-electron chi connectivity index (χ2n) is 4.47. The van der Waals surface area contributed by atoms with E-state index < -0.39 is 0 Å². The third-order valence-electron chi connectivity index (χ3n) is 3.13. The molecule has 2 N–H and O–H groups in total. The quantitative estimate of drug-likeness (QED) is 0.573. The van der Waals surface area contributed by atoms with Gasteiger partial charge in [-0.15, -0.1) is 0 Å². The Morgan fingerprint density at radius 2 is 1.79 bits per heavy atom. The predicted octanol–water partition coefficient (Wildman–Crippen LogP) is 3.44. The van der Waals surface area contributed by atoms with Crippen LogP contribution < -0.4 is 5.73 Å². The first kappa shape index (κ1) is 11.5. The van der Waals surface area contributed by atoms with Crippen molar-refractivity contribution in [2.45, 2.75) is 6.42 Å². The molecule has 19 heavy (non-hydrogen) atoms. The van der Waals surface area contributed by atoms with Crippen molar-refractivity contribution >= 4 is 22.2 Å². The summed E-state index contributed by atoms with van der Waals surface area (Å²) in [5.41, 5.74) is 7.03. The molecule has 0 fully saturated rings. The SMILES string of the molecule is Nc1cc2ccccc2cc1C(=O)Cc1ccco1. The molecule has 3 rings (SSSR count). The molecule has 0 aliphatic heterocycles. The van der Waals surface area contributed by atoms with Crippen molar-refractivity contribution < 1.29 is 9.21 Å². The topological polar surface area (TPSA) is 56.2 Å². The summed E-state index contributed by atoms with van der Waals surface area (Å²) in [6.07, 6.45) is 1.79. The van der Waals surface area contributed by atoms with E-state index in [2.05, 4.69) is 0 Å². The van der Waals surface area contributed by atoms with Crippen LogP contribution in [0.25, 0.3) is 10.8 Å². The Morgan fingerprint density at radius 3 is 2.47 bits per heavy atom. The van der Waals surface area contributed by atoms with Crippen molar-refractivity contribution in [1.29, 1.82) is 0 Å². The third-order valence-corrected chi connectivity index (χ3v) is 3.13. The number of fused-ring (bicyclic) bond motifs is 1. The smallest absolute Gasteiger partial charge is 0.172 e. The van der Waals surface area contributed by atoms with Gasteiger partial charge < -0.3 is 10.2 Å². The summed E-state index contributed by atoms with van der Waals surface area (Å²) in [5.74, 6) is 0.621. The van der Waals surface area contributed by atoms with E-state index in [1.807, 2.05) is 36.4 Å². The monoisotopic (exact) mass is 251 g/mol. The van der Waals surface area contributed by atoms with Crippen LogP contribution in [0.15, 0.2) is 59.2 Å². The highest BCUT2D eigenvalue weighted by Gasteiger charge is 2.13. The molecule has 3 aromatic rings. The van der Waals surface area contributed by atoms with Gasteiger partial charge in [0.2, 0.25) is 0 Å². The maximum atomic E-state index is 12.2. The lowest BCUT2D eigenvalue weighted by Crippen LogP contribution is -2.06. The van der Waals surface area contributed by atoms with Crippen molar-refractivity contribution in [2.24, 2.45) is 0 Å². The van der Waals surface area contributed by atoms with Gasteiger partial charge in [0.15, 0.2) is 5.78 Å². The number of anilines is 1. The van der Waals surface area contributed by atoms with Crippen LogP contribution in [0.1, 0.15) is 16.1 Å². The lowest BCUT2D eigenvalue weighted by molar-refractivity contribution is 0.0988. The molecular weight excluding hydrogens is 238 g/mol. The van der Waals surface area contributed by atoms with Crippen molar-refractivity contribution in [3.63, 3.8) is 0 Å². The molecule has 3 heteroatoms. The van der Waals surface area contributed by atoms with Gasteiger partial charge in [-0.2, -0.15) is 0 Å². The fourth-order valence-corrected chi connectivity index (χ4v) is 2.17. The summed E-state index contributed by atoms with van der Waals surface area (Å²) in [5, 5.41) is 2.05. The number of hydrogen-bond donors (Lipinski definition) is 1. The fraction of sp³-hybridized carbons (Fsp3) is 0.0625. The molecule has 0 saturated carbocycles. The first-order valence-corrected chi connectivity index (χ1v) is 6.08. The number of carbonyl (C=O) groups is 1. The van der Waals surface area contributed by atoms with E-state index in [1.165, 1.54) is 0 Å². The molecule has 3 nitrogen and oxygen atoms in total. The average molecular weight is 251 g/mol. The van der Waals surface area contributed by atoms with Gasteiger partial charge in [-0.3, -0.25) is 4.79 Å². The molecular formula is C16H13NO2. The van der Waals surface area contributed by atoms with Crippen LogP contribution in [0.3, 0.4) is 0 Å². The average Bonchev–Trinajstić information content (AvgIpc) is 2.90. The zero-order valence-electron chi connectivity index (χ0n) is 10.3. The number of hydrogen-bond acceptors (Lipinski definition) is 3. The third kappa shape index (κ3) is 2.22. The molecule has 94 valence electrons. The Kier molecular flexibility index (Phi) is 2.80. The second-order valence-corrected chi connectivity index (χ2v) is 4.47. The second kappa shape index (κ2) is 4.61. The molecule has 1 aromatic heterocycles. The Labute approximate surface area is 110 Å². The van der Waals surface area contributed by atoms with Crippen molar-refractivity contribution in [3.8, 4) is 0 Å². The standard InChI is InChI=1S/C16H13NO2/c17-15-9-12-5-2-1-4-11(12)8-14(15)16(18)10-13-6-3-7-19-13/h1-9H,10,17H2. The zero-order valence-corrected chi connectivity index (χ0v) is 10.3. The molecule has 0 spiro atoms. The van der Waals surface area contributed by atoms with Crippen LogP contribution >= 0.6 is 0 Å². The van der Waals surface area contributed by atoms with Crippen LogP contribution in [-0.2, 0) is 6.42 Å². The van der Waals surface area contributed by atoms with Crippen molar-refractivity contribution in [2.75, 3.05) is 5.73 Å². The van der Waals surface area contributed by atoms with Crippen LogP contribution in [0.5, 0.6) is 0 Å². The minimum Gasteiger partial charge on any atom is -0.469 e. The minimum atomic E-state index is -0.0294. The lowest BCUT2D eigenvalue weighted by atomic mass is 10.0. The molecule has 1 heterocycles. The van der Waals surface area contributed by atoms with Gasteiger partial charge in [0.05, 0.1) is 12.7 Å². The molecule has 2 aromatic carbocycles. The molecule has 0 aliphatic rings. The van der Waals surface area contributed by atoms with E-state index in [0.717, 1.165) is 10.8 Å². The summed E-state index contributed by atoms with van der Waals surface area (Å²) >= 11 is 0. The maximum absolute atomic E-state index is 12.2. The highest BCUT2D eigenvalue weighted by molar-refractivity contribution is 6.05. The van der Waals surface area contributed by atoms with Gasteiger partial charge in [0.25, 0.3) is 0 Å².